The highest BCUT2D eigenvalue weighted by atomic mass is 32.2. The van der Waals surface area contributed by atoms with E-state index in [1.54, 1.807) is 30.3 Å². The zero-order valence-electron chi connectivity index (χ0n) is 15.9. The lowest BCUT2D eigenvalue weighted by molar-refractivity contribution is 0.0643. The number of hydrogen-bond acceptors (Lipinski definition) is 4. The summed E-state index contributed by atoms with van der Waals surface area (Å²) in [5.74, 6) is -0.0957. The molecule has 3 rings (SSSR count). The molecule has 1 amide bonds. The van der Waals surface area contributed by atoms with E-state index in [0.717, 1.165) is 41.9 Å². The number of carbonyl (C=O) groups is 1. The van der Waals surface area contributed by atoms with Crippen LogP contribution < -0.4 is 5.32 Å². The molecule has 2 aromatic rings. The van der Waals surface area contributed by atoms with Crippen molar-refractivity contribution in [2.75, 3.05) is 19.6 Å². The molecular formula is C20H27N3O3S. The van der Waals surface area contributed by atoms with Crippen LogP contribution in [-0.4, -0.2) is 48.9 Å². The van der Waals surface area contributed by atoms with E-state index in [9.17, 15) is 13.2 Å². The van der Waals surface area contributed by atoms with Crippen molar-refractivity contribution in [2.45, 2.75) is 44.0 Å². The van der Waals surface area contributed by atoms with Gasteiger partial charge in [0.05, 0.1) is 10.5 Å². The summed E-state index contributed by atoms with van der Waals surface area (Å²) < 4.78 is 26.8. The minimum absolute atomic E-state index is 0.0957. The SMILES string of the molecule is CCCN(C(=O)c1ccn(S(=O)(=O)c2ccc(C)cc2)c1)C1CCNCC1. The normalized spacial score (nSPS) is 15.6. The molecule has 1 aliphatic heterocycles. The van der Waals surface area contributed by atoms with Gasteiger partial charge in [0, 0.05) is 25.0 Å². The van der Waals surface area contributed by atoms with Gasteiger partial charge < -0.3 is 10.2 Å². The average molecular weight is 390 g/mol. The van der Waals surface area contributed by atoms with Gasteiger partial charge >= 0.3 is 0 Å². The third kappa shape index (κ3) is 4.25. The third-order valence-corrected chi connectivity index (χ3v) is 6.64. The van der Waals surface area contributed by atoms with Crippen LogP contribution in [0.5, 0.6) is 0 Å². The summed E-state index contributed by atoms with van der Waals surface area (Å²) in [4.78, 5) is 15.2. The van der Waals surface area contributed by atoms with Gasteiger partial charge in [-0.1, -0.05) is 24.6 Å². The number of aryl methyl sites for hydroxylation is 1. The second-order valence-corrected chi connectivity index (χ2v) is 8.87. The topological polar surface area (TPSA) is 71.4 Å². The molecule has 1 N–H and O–H groups in total. The van der Waals surface area contributed by atoms with Gasteiger partial charge in [-0.05, 0) is 57.5 Å². The number of hydrogen-bond donors (Lipinski definition) is 1. The van der Waals surface area contributed by atoms with Crippen molar-refractivity contribution in [1.82, 2.24) is 14.2 Å². The fourth-order valence-corrected chi connectivity index (χ4v) is 4.66. The molecular weight excluding hydrogens is 362 g/mol. The van der Waals surface area contributed by atoms with Crippen molar-refractivity contribution in [3.63, 3.8) is 0 Å². The number of nitrogens with zero attached hydrogens (tertiary/aromatic N) is 2. The number of benzene rings is 1. The quantitative estimate of drug-likeness (QED) is 0.824. The van der Waals surface area contributed by atoms with Gasteiger partial charge in [0.1, 0.15) is 0 Å². The van der Waals surface area contributed by atoms with Crippen LogP contribution in [0.25, 0.3) is 0 Å². The van der Waals surface area contributed by atoms with Crippen LogP contribution >= 0.6 is 0 Å². The van der Waals surface area contributed by atoms with Crippen LogP contribution in [0.15, 0.2) is 47.6 Å². The summed E-state index contributed by atoms with van der Waals surface area (Å²) >= 11 is 0. The highest BCUT2D eigenvalue weighted by Crippen LogP contribution is 2.19. The maximum Gasteiger partial charge on any atom is 0.267 e. The van der Waals surface area contributed by atoms with Gasteiger partial charge in [-0.2, -0.15) is 0 Å². The molecule has 0 spiro atoms. The predicted octanol–water partition coefficient (Wildman–Crippen LogP) is 2.64. The molecule has 0 bridgehead atoms. The van der Waals surface area contributed by atoms with Crippen LogP contribution in [0.2, 0.25) is 0 Å². The highest BCUT2D eigenvalue weighted by Gasteiger charge is 2.27. The Labute approximate surface area is 161 Å². The van der Waals surface area contributed by atoms with Crippen LogP contribution in [0.1, 0.15) is 42.1 Å². The van der Waals surface area contributed by atoms with Gasteiger partial charge in [0.15, 0.2) is 0 Å². The molecule has 1 aromatic heterocycles. The van der Waals surface area contributed by atoms with Gasteiger partial charge in [0.2, 0.25) is 0 Å². The standard InChI is InChI=1S/C20H27N3O3S/c1-3-13-23(18-8-11-21-12-9-18)20(24)17-10-14-22(15-17)27(25,26)19-6-4-16(2)5-7-19/h4-7,10,14-15,18,21H,3,8-9,11-13H2,1-2H3. The number of rotatable bonds is 6. The van der Waals surface area contributed by atoms with Gasteiger partial charge in [-0.3, -0.25) is 4.79 Å². The zero-order valence-corrected chi connectivity index (χ0v) is 16.7. The van der Waals surface area contributed by atoms with Crippen molar-refractivity contribution in [3.05, 3.63) is 53.9 Å². The lowest BCUT2D eigenvalue weighted by Gasteiger charge is -2.34. The summed E-state index contributed by atoms with van der Waals surface area (Å²) in [5, 5.41) is 3.32. The minimum atomic E-state index is -3.70. The summed E-state index contributed by atoms with van der Waals surface area (Å²) in [7, 11) is -3.70. The molecule has 2 heterocycles. The molecule has 1 saturated heterocycles. The molecule has 27 heavy (non-hydrogen) atoms. The van der Waals surface area contributed by atoms with Crippen molar-refractivity contribution < 1.29 is 13.2 Å². The second kappa shape index (κ2) is 8.27. The fourth-order valence-electron chi connectivity index (χ4n) is 3.46. The Morgan fingerprint density at radius 1 is 1.19 bits per heavy atom. The summed E-state index contributed by atoms with van der Waals surface area (Å²) in [6.07, 6.45) is 5.61. The Hall–Kier alpha value is -2.12. The molecule has 1 aliphatic rings. The lowest BCUT2D eigenvalue weighted by Crippen LogP contribution is -2.46. The van der Waals surface area contributed by atoms with Crippen molar-refractivity contribution in [1.29, 1.82) is 0 Å². The van der Waals surface area contributed by atoms with Crippen LogP contribution in [0.3, 0.4) is 0 Å². The van der Waals surface area contributed by atoms with Crippen molar-refractivity contribution >= 4 is 15.9 Å². The van der Waals surface area contributed by atoms with Gasteiger partial charge in [0.25, 0.3) is 15.9 Å². The Morgan fingerprint density at radius 2 is 1.85 bits per heavy atom. The molecule has 1 aromatic carbocycles. The van der Waals surface area contributed by atoms with Crippen molar-refractivity contribution in [3.8, 4) is 0 Å². The fraction of sp³-hybridized carbons (Fsp3) is 0.450. The van der Waals surface area contributed by atoms with Crippen LogP contribution in [-0.2, 0) is 10.0 Å². The number of nitrogens with one attached hydrogen (secondary N) is 1. The summed E-state index contributed by atoms with van der Waals surface area (Å²) in [6.45, 7) is 6.45. The molecule has 0 atom stereocenters. The van der Waals surface area contributed by atoms with E-state index in [2.05, 4.69) is 5.32 Å². The number of piperidine rings is 1. The van der Waals surface area contributed by atoms with E-state index >= 15 is 0 Å². The number of amides is 1. The Bertz CT molecular complexity index is 881. The molecule has 0 saturated carbocycles. The first kappa shape index (κ1) is 19.6. The molecule has 1 fully saturated rings. The highest BCUT2D eigenvalue weighted by molar-refractivity contribution is 7.90. The van der Waals surface area contributed by atoms with Gasteiger partial charge in [-0.25, -0.2) is 12.4 Å². The first-order valence-corrected chi connectivity index (χ1v) is 10.9. The first-order valence-electron chi connectivity index (χ1n) is 9.45. The second-order valence-electron chi connectivity index (χ2n) is 7.03. The van der Waals surface area contributed by atoms with E-state index < -0.39 is 10.0 Å². The van der Waals surface area contributed by atoms with Gasteiger partial charge in [-0.15, -0.1) is 0 Å². The van der Waals surface area contributed by atoms with E-state index in [4.69, 9.17) is 0 Å². The Balaban J connectivity index is 1.84. The maximum atomic E-state index is 13.1. The molecule has 0 aliphatic carbocycles. The zero-order chi connectivity index (χ0) is 19.4. The minimum Gasteiger partial charge on any atom is -0.336 e. The monoisotopic (exact) mass is 389 g/mol. The van der Waals surface area contributed by atoms with E-state index in [1.165, 1.54) is 12.4 Å². The summed E-state index contributed by atoms with van der Waals surface area (Å²) in [6, 6.07) is 8.51. The van der Waals surface area contributed by atoms with E-state index in [0.29, 0.717) is 12.1 Å². The molecule has 6 nitrogen and oxygen atoms in total. The number of carbonyl (C=O) groups excluding carboxylic acids is 1. The molecule has 0 unspecified atom stereocenters. The lowest BCUT2D eigenvalue weighted by atomic mass is 10.0. The first-order chi connectivity index (χ1) is 12.9. The van der Waals surface area contributed by atoms with Crippen molar-refractivity contribution in [2.24, 2.45) is 0 Å². The Morgan fingerprint density at radius 3 is 2.48 bits per heavy atom. The molecule has 146 valence electrons. The average Bonchev–Trinajstić information content (AvgIpc) is 3.18. The Kier molecular flexibility index (Phi) is 6.01. The number of aromatic nitrogens is 1. The largest absolute Gasteiger partial charge is 0.336 e. The van der Waals surface area contributed by atoms with E-state index in [-0.39, 0.29) is 16.8 Å². The molecule has 0 radical (unpaired) electrons. The van der Waals surface area contributed by atoms with Crippen LogP contribution in [0, 0.1) is 6.92 Å². The summed E-state index contributed by atoms with van der Waals surface area (Å²) in [5.41, 5.74) is 1.41. The third-order valence-electron chi connectivity index (χ3n) is 4.99. The predicted molar refractivity (Wildman–Crippen MR) is 105 cm³/mol. The van der Waals surface area contributed by atoms with E-state index in [1.807, 2.05) is 18.7 Å². The smallest absolute Gasteiger partial charge is 0.267 e. The van der Waals surface area contributed by atoms with Crippen LogP contribution in [0.4, 0.5) is 0 Å². The maximum absolute atomic E-state index is 13.1. The molecule has 7 heteroatoms.